The molecule has 2 aliphatic heterocycles. The van der Waals surface area contributed by atoms with Crippen molar-refractivity contribution >= 4 is 29.7 Å². The van der Waals surface area contributed by atoms with Gasteiger partial charge < -0.3 is 14.2 Å². The maximum atomic E-state index is 12.7. The molecule has 1 aromatic heterocycles. The quantitative estimate of drug-likeness (QED) is 0.655. The minimum absolute atomic E-state index is 0.116. The van der Waals surface area contributed by atoms with E-state index in [0.717, 1.165) is 57.0 Å². The van der Waals surface area contributed by atoms with Gasteiger partial charge in [-0.2, -0.15) is 5.10 Å². The fourth-order valence-electron chi connectivity index (χ4n) is 4.18. The van der Waals surface area contributed by atoms with E-state index in [9.17, 15) is 4.79 Å². The lowest BCUT2D eigenvalue weighted by Crippen LogP contribution is -2.47. The fourth-order valence-corrected chi connectivity index (χ4v) is 4.62. The second-order valence-corrected chi connectivity index (χ2v) is 8.63. The number of aromatic nitrogens is 3. The van der Waals surface area contributed by atoms with Gasteiger partial charge in [0.2, 0.25) is 5.91 Å². The average Bonchev–Trinajstić information content (AvgIpc) is 3.10. The van der Waals surface area contributed by atoms with Gasteiger partial charge in [0.05, 0.1) is 19.9 Å². The molecule has 3 heterocycles. The number of amides is 1. The number of piperidine rings is 1. The molecule has 4 rings (SSSR count). The molecule has 9 heteroatoms. The number of likely N-dealkylation sites (tertiary alicyclic amines) is 1. The number of benzene rings is 1. The molecule has 2 aromatic rings. The third-order valence-electron chi connectivity index (χ3n) is 5.93. The predicted molar refractivity (Wildman–Crippen MR) is 119 cm³/mol. The zero-order valence-electron chi connectivity index (χ0n) is 17.3. The standard InChI is InChI=1S/C21H28ClN5O2S/c1-2-26-19(16-3-5-18(22)6-4-16)23-27(21(26)30)15-24-9-7-17(8-10-24)20(28)25-11-13-29-14-12-25/h3-6,17H,2,7-15H2,1H3. The molecule has 0 bridgehead atoms. The number of rotatable bonds is 5. The van der Waals surface area contributed by atoms with E-state index in [-0.39, 0.29) is 11.8 Å². The summed E-state index contributed by atoms with van der Waals surface area (Å²) in [5, 5.41) is 5.51. The van der Waals surface area contributed by atoms with Crippen molar-refractivity contribution in [1.29, 1.82) is 0 Å². The summed E-state index contributed by atoms with van der Waals surface area (Å²) in [6.45, 7) is 7.96. The Morgan fingerprint density at radius 3 is 2.47 bits per heavy atom. The number of ether oxygens (including phenoxy) is 1. The van der Waals surface area contributed by atoms with Crippen LogP contribution >= 0.6 is 23.8 Å². The fraction of sp³-hybridized carbons (Fsp3) is 0.571. The number of carbonyl (C=O) groups excluding carboxylic acids is 1. The summed E-state index contributed by atoms with van der Waals surface area (Å²) in [4.78, 5) is 17.0. The van der Waals surface area contributed by atoms with Crippen LogP contribution in [0.3, 0.4) is 0 Å². The molecule has 2 aliphatic rings. The maximum Gasteiger partial charge on any atom is 0.225 e. The van der Waals surface area contributed by atoms with E-state index in [0.29, 0.717) is 29.7 Å². The number of halogens is 1. The van der Waals surface area contributed by atoms with E-state index in [2.05, 4.69) is 11.8 Å². The second kappa shape index (κ2) is 9.60. The lowest BCUT2D eigenvalue weighted by atomic mass is 9.95. The Labute approximate surface area is 187 Å². The molecule has 0 atom stereocenters. The molecule has 30 heavy (non-hydrogen) atoms. The van der Waals surface area contributed by atoms with Gasteiger partial charge in [-0.3, -0.25) is 9.69 Å². The third-order valence-corrected chi connectivity index (χ3v) is 6.62. The van der Waals surface area contributed by atoms with Crippen molar-refractivity contribution in [2.45, 2.75) is 33.0 Å². The molecule has 2 fully saturated rings. The smallest absolute Gasteiger partial charge is 0.225 e. The number of hydrogen-bond donors (Lipinski definition) is 0. The van der Waals surface area contributed by atoms with E-state index in [4.69, 9.17) is 33.7 Å². The van der Waals surface area contributed by atoms with Crippen LogP contribution in [0.5, 0.6) is 0 Å². The van der Waals surface area contributed by atoms with Crippen LogP contribution in [0.2, 0.25) is 5.02 Å². The molecule has 0 spiro atoms. The molecular formula is C21H28ClN5O2S. The van der Waals surface area contributed by atoms with Crippen molar-refractivity contribution in [2.24, 2.45) is 5.92 Å². The van der Waals surface area contributed by atoms with E-state index >= 15 is 0 Å². The van der Waals surface area contributed by atoms with Crippen LogP contribution < -0.4 is 0 Å². The highest BCUT2D eigenvalue weighted by atomic mass is 35.5. The normalized spacial score (nSPS) is 18.7. The Balaban J connectivity index is 1.41. The Bertz CT molecular complexity index is 928. The van der Waals surface area contributed by atoms with Crippen LogP contribution in [-0.2, 0) is 22.7 Å². The highest BCUT2D eigenvalue weighted by Crippen LogP contribution is 2.23. The predicted octanol–water partition coefficient (Wildman–Crippen LogP) is 3.28. The molecule has 1 amide bonds. The maximum absolute atomic E-state index is 12.7. The summed E-state index contributed by atoms with van der Waals surface area (Å²) in [5.41, 5.74) is 1.00. The van der Waals surface area contributed by atoms with E-state index in [1.54, 1.807) is 0 Å². The number of carbonyl (C=O) groups is 1. The monoisotopic (exact) mass is 449 g/mol. The Morgan fingerprint density at radius 2 is 1.83 bits per heavy atom. The first kappa shape index (κ1) is 21.5. The SMILES string of the molecule is CCn1c(-c2ccc(Cl)cc2)nn(CN2CCC(C(=O)N3CCOCC3)CC2)c1=S. The van der Waals surface area contributed by atoms with E-state index < -0.39 is 0 Å². The number of morpholine rings is 1. The molecule has 7 nitrogen and oxygen atoms in total. The zero-order chi connectivity index (χ0) is 21.1. The summed E-state index contributed by atoms with van der Waals surface area (Å²) >= 11 is 11.7. The molecule has 0 saturated carbocycles. The second-order valence-electron chi connectivity index (χ2n) is 7.83. The Morgan fingerprint density at radius 1 is 1.17 bits per heavy atom. The first-order valence-corrected chi connectivity index (χ1v) is 11.4. The molecule has 0 N–H and O–H groups in total. The van der Waals surface area contributed by atoms with Gasteiger partial charge in [0.1, 0.15) is 0 Å². The van der Waals surface area contributed by atoms with E-state index in [1.165, 1.54) is 0 Å². The summed E-state index contributed by atoms with van der Waals surface area (Å²) < 4.78 is 10.0. The van der Waals surface area contributed by atoms with Crippen LogP contribution in [0, 0.1) is 10.7 Å². The van der Waals surface area contributed by atoms with Gasteiger partial charge in [-0.15, -0.1) is 0 Å². The molecule has 2 saturated heterocycles. The van der Waals surface area contributed by atoms with Crippen molar-refractivity contribution in [3.8, 4) is 11.4 Å². The molecular weight excluding hydrogens is 422 g/mol. The van der Waals surface area contributed by atoms with Gasteiger partial charge in [-0.25, -0.2) is 4.68 Å². The topological polar surface area (TPSA) is 55.5 Å². The molecule has 1 aromatic carbocycles. The first-order valence-electron chi connectivity index (χ1n) is 10.6. The highest BCUT2D eigenvalue weighted by Gasteiger charge is 2.29. The van der Waals surface area contributed by atoms with Crippen molar-refractivity contribution in [3.05, 3.63) is 34.1 Å². The molecule has 162 valence electrons. The van der Waals surface area contributed by atoms with Gasteiger partial charge in [-0.1, -0.05) is 11.6 Å². The number of nitrogens with zero attached hydrogens (tertiary/aromatic N) is 5. The molecule has 0 unspecified atom stereocenters. The summed E-state index contributed by atoms with van der Waals surface area (Å²) in [5.74, 6) is 1.26. The van der Waals surface area contributed by atoms with Gasteiger partial charge in [0.15, 0.2) is 10.6 Å². The molecule has 0 aliphatic carbocycles. The minimum Gasteiger partial charge on any atom is -0.378 e. The summed E-state index contributed by atoms with van der Waals surface area (Å²) in [7, 11) is 0. The largest absolute Gasteiger partial charge is 0.378 e. The Kier molecular flexibility index (Phi) is 6.87. The van der Waals surface area contributed by atoms with Crippen LogP contribution in [0.25, 0.3) is 11.4 Å². The average molecular weight is 450 g/mol. The zero-order valence-corrected chi connectivity index (χ0v) is 18.9. The number of hydrogen-bond acceptors (Lipinski definition) is 5. The summed E-state index contributed by atoms with van der Waals surface area (Å²) in [6.07, 6.45) is 1.75. The van der Waals surface area contributed by atoms with Crippen molar-refractivity contribution in [2.75, 3.05) is 39.4 Å². The van der Waals surface area contributed by atoms with E-state index in [1.807, 2.05) is 38.4 Å². The highest BCUT2D eigenvalue weighted by molar-refractivity contribution is 7.71. The lowest BCUT2D eigenvalue weighted by molar-refractivity contribution is -0.141. The van der Waals surface area contributed by atoms with Crippen molar-refractivity contribution < 1.29 is 9.53 Å². The van der Waals surface area contributed by atoms with Gasteiger partial charge in [0, 0.05) is 49.2 Å². The van der Waals surface area contributed by atoms with Crippen LogP contribution in [0.1, 0.15) is 19.8 Å². The van der Waals surface area contributed by atoms with Gasteiger partial charge >= 0.3 is 0 Å². The van der Waals surface area contributed by atoms with Crippen LogP contribution in [-0.4, -0.2) is 69.4 Å². The third kappa shape index (κ3) is 4.61. The van der Waals surface area contributed by atoms with Crippen LogP contribution in [0.15, 0.2) is 24.3 Å². The van der Waals surface area contributed by atoms with Crippen molar-refractivity contribution in [1.82, 2.24) is 24.1 Å². The molecule has 0 radical (unpaired) electrons. The van der Waals surface area contributed by atoms with Gasteiger partial charge in [0.25, 0.3) is 0 Å². The van der Waals surface area contributed by atoms with Crippen molar-refractivity contribution in [3.63, 3.8) is 0 Å². The summed E-state index contributed by atoms with van der Waals surface area (Å²) in [6, 6.07) is 7.68. The van der Waals surface area contributed by atoms with Gasteiger partial charge in [-0.05, 0) is 56.2 Å². The minimum atomic E-state index is 0.116. The van der Waals surface area contributed by atoms with Crippen LogP contribution in [0.4, 0.5) is 0 Å². The lowest BCUT2D eigenvalue weighted by Gasteiger charge is -2.35. The first-order chi connectivity index (χ1) is 14.6. The Hall–Kier alpha value is -1.74.